The maximum absolute atomic E-state index is 5.75. The maximum atomic E-state index is 5.75. The van der Waals surface area contributed by atoms with Crippen molar-refractivity contribution < 1.29 is 4.74 Å². The summed E-state index contributed by atoms with van der Waals surface area (Å²) in [6.45, 7) is 8.47. The summed E-state index contributed by atoms with van der Waals surface area (Å²) in [4.78, 5) is 4.91. The number of ether oxygens (including phenoxy) is 1. The van der Waals surface area contributed by atoms with E-state index in [1.165, 1.54) is 0 Å². The Kier molecular flexibility index (Phi) is 4.66. The quantitative estimate of drug-likeness (QED) is 0.839. The molecule has 1 saturated heterocycles. The Morgan fingerprint density at radius 3 is 2.58 bits per heavy atom. The van der Waals surface area contributed by atoms with Gasteiger partial charge in [-0.25, -0.2) is 0 Å². The number of nitrogens with zero attached hydrogens (tertiary/aromatic N) is 2. The molecule has 0 aliphatic carbocycles. The van der Waals surface area contributed by atoms with Gasteiger partial charge in [0, 0.05) is 43.5 Å². The van der Waals surface area contributed by atoms with E-state index in [1.54, 1.807) is 0 Å². The molecule has 0 spiro atoms. The van der Waals surface area contributed by atoms with Crippen LogP contribution in [0.4, 0.5) is 5.69 Å². The lowest BCUT2D eigenvalue weighted by Gasteiger charge is -2.42. The Morgan fingerprint density at radius 1 is 1.26 bits per heavy atom. The fourth-order valence-electron chi connectivity index (χ4n) is 2.59. The number of hydrogen-bond donors (Lipinski definition) is 1. The zero-order valence-electron chi connectivity index (χ0n) is 12.2. The second-order valence-corrected chi connectivity index (χ2v) is 5.54. The van der Waals surface area contributed by atoms with Crippen LogP contribution in [0, 0.1) is 0 Å². The van der Waals surface area contributed by atoms with Crippen LogP contribution in [0.2, 0.25) is 0 Å². The molecule has 1 fully saturated rings. The Bertz CT molecular complexity index is 398. The van der Waals surface area contributed by atoms with E-state index in [0.29, 0.717) is 18.7 Å². The van der Waals surface area contributed by atoms with Crippen molar-refractivity contribution in [2.24, 2.45) is 0 Å². The minimum atomic E-state index is 0.608. The van der Waals surface area contributed by atoms with Crippen molar-refractivity contribution in [3.8, 4) is 5.75 Å². The maximum Gasteiger partial charge on any atom is 0.121 e. The molecule has 2 rings (SSSR count). The van der Waals surface area contributed by atoms with Crippen molar-refractivity contribution in [3.05, 3.63) is 24.3 Å². The van der Waals surface area contributed by atoms with Crippen molar-refractivity contribution >= 4 is 5.69 Å². The fourth-order valence-corrected chi connectivity index (χ4v) is 2.59. The van der Waals surface area contributed by atoms with E-state index < -0.39 is 0 Å². The number of rotatable bonds is 4. The summed E-state index contributed by atoms with van der Waals surface area (Å²) >= 11 is 0. The summed E-state index contributed by atoms with van der Waals surface area (Å²) in [5, 5.41) is 0. The lowest BCUT2D eigenvalue weighted by atomic mass is 10.1. The number of nitrogens with two attached hydrogens (primary N) is 1. The van der Waals surface area contributed by atoms with Crippen LogP contribution in [-0.2, 0) is 0 Å². The first-order valence-electron chi connectivity index (χ1n) is 6.99. The highest BCUT2D eigenvalue weighted by atomic mass is 16.5. The van der Waals surface area contributed by atoms with E-state index in [0.717, 1.165) is 31.1 Å². The minimum Gasteiger partial charge on any atom is -0.492 e. The molecule has 1 aromatic rings. The lowest BCUT2D eigenvalue weighted by Crippen LogP contribution is -2.55. The molecule has 0 bridgehead atoms. The second kappa shape index (κ2) is 6.26. The number of likely N-dealkylation sites (N-methyl/N-ethyl adjacent to an activating group) is 1. The molecule has 1 aliphatic heterocycles. The van der Waals surface area contributed by atoms with Gasteiger partial charge in [-0.3, -0.25) is 9.80 Å². The van der Waals surface area contributed by atoms with Gasteiger partial charge < -0.3 is 10.5 Å². The first kappa shape index (κ1) is 14.2. The Labute approximate surface area is 116 Å². The van der Waals surface area contributed by atoms with Crippen molar-refractivity contribution in [1.29, 1.82) is 0 Å². The Morgan fingerprint density at radius 2 is 1.95 bits per heavy atom. The van der Waals surface area contributed by atoms with Gasteiger partial charge in [0.1, 0.15) is 12.4 Å². The van der Waals surface area contributed by atoms with Crippen molar-refractivity contribution in [2.75, 3.05) is 39.0 Å². The van der Waals surface area contributed by atoms with Crippen LogP contribution in [-0.4, -0.2) is 55.2 Å². The molecule has 2 atom stereocenters. The molecule has 0 saturated carbocycles. The monoisotopic (exact) mass is 263 g/mol. The van der Waals surface area contributed by atoms with Gasteiger partial charge in [-0.1, -0.05) is 6.07 Å². The summed E-state index contributed by atoms with van der Waals surface area (Å²) in [5.74, 6) is 0.857. The highest BCUT2D eigenvalue weighted by Gasteiger charge is 2.25. The molecule has 0 aromatic heterocycles. The van der Waals surface area contributed by atoms with Gasteiger partial charge in [-0.05, 0) is 33.0 Å². The molecule has 19 heavy (non-hydrogen) atoms. The molecule has 2 N–H and O–H groups in total. The smallest absolute Gasteiger partial charge is 0.121 e. The van der Waals surface area contributed by atoms with Gasteiger partial charge in [-0.2, -0.15) is 0 Å². The SMILES string of the molecule is CC1CN(CCOc2cccc(N)c2)CC(C)N1C. The van der Waals surface area contributed by atoms with Gasteiger partial charge in [0.05, 0.1) is 0 Å². The van der Waals surface area contributed by atoms with Crippen molar-refractivity contribution in [1.82, 2.24) is 9.80 Å². The summed E-state index contributed by atoms with van der Waals surface area (Å²) in [6.07, 6.45) is 0. The summed E-state index contributed by atoms with van der Waals surface area (Å²) < 4.78 is 5.75. The molecule has 1 aliphatic rings. The molecule has 0 amide bonds. The van der Waals surface area contributed by atoms with Crippen LogP contribution in [0.1, 0.15) is 13.8 Å². The fraction of sp³-hybridized carbons (Fsp3) is 0.600. The first-order valence-corrected chi connectivity index (χ1v) is 6.99. The molecule has 0 radical (unpaired) electrons. The van der Waals surface area contributed by atoms with Crippen LogP contribution >= 0.6 is 0 Å². The van der Waals surface area contributed by atoms with Crippen molar-refractivity contribution in [3.63, 3.8) is 0 Å². The molecule has 1 heterocycles. The molecular formula is C15H25N3O. The predicted octanol–water partition coefficient (Wildman–Crippen LogP) is 1.67. The molecule has 1 aromatic carbocycles. The lowest BCUT2D eigenvalue weighted by molar-refractivity contribution is 0.0522. The third kappa shape index (κ3) is 3.85. The zero-order valence-corrected chi connectivity index (χ0v) is 12.2. The molecule has 2 unspecified atom stereocenters. The number of anilines is 1. The largest absolute Gasteiger partial charge is 0.492 e. The number of hydrogen-bond acceptors (Lipinski definition) is 4. The van der Waals surface area contributed by atoms with Gasteiger partial charge >= 0.3 is 0 Å². The van der Waals surface area contributed by atoms with E-state index in [-0.39, 0.29) is 0 Å². The third-order valence-corrected chi connectivity index (χ3v) is 3.97. The van der Waals surface area contributed by atoms with Crippen molar-refractivity contribution in [2.45, 2.75) is 25.9 Å². The molecule has 4 heteroatoms. The highest BCUT2D eigenvalue weighted by molar-refractivity contribution is 5.43. The van der Waals surface area contributed by atoms with Gasteiger partial charge in [0.15, 0.2) is 0 Å². The molecule has 4 nitrogen and oxygen atoms in total. The third-order valence-electron chi connectivity index (χ3n) is 3.97. The van der Waals surface area contributed by atoms with E-state index in [9.17, 15) is 0 Å². The first-order chi connectivity index (χ1) is 9.06. The topological polar surface area (TPSA) is 41.7 Å². The zero-order chi connectivity index (χ0) is 13.8. The summed E-state index contributed by atoms with van der Waals surface area (Å²) in [6, 6.07) is 8.83. The summed E-state index contributed by atoms with van der Waals surface area (Å²) in [5.41, 5.74) is 6.48. The molecular weight excluding hydrogens is 238 g/mol. The molecule has 106 valence electrons. The van der Waals surface area contributed by atoms with E-state index >= 15 is 0 Å². The van der Waals surface area contributed by atoms with Crippen LogP contribution in [0.5, 0.6) is 5.75 Å². The highest BCUT2D eigenvalue weighted by Crippen LogP contribution is 2.15. The minimum absolute atomic E-state index is 0.608. The number of nitrogen functional groups attached to an aromatic ring is 1. The van der Waals surface area contributed by atoms with Crippen LogP contribution in [0.15, 0.2) is 24.3 Å². The average molecular weight is 263 g/mol. The van der Waals surface area contributed by atoms with Crippen LogP contribution < -0.4 is 10.5 Å². The predicted molar refractivity (Wildman–Crippen MR) is 79.5 cm³/mol. The van der Waals surface area contributed by atoms with Gasteiger partial charge in [0.25, 0.3) is 0 Å². The van der Waals surface area contributed by atoms with Gasteiger partial charge in [0.2, 0.25) is 0 Å². The Hall–Kier alpha value is -1.26. The summed E-state index contributed by atoms with van der Waals surface area (Å²) in [7, 11) is 2.20. The van der Waals surface area contributed by atoms with E-state index in [1.807, 2.05) is 24.3 Å². The normalized spacial score (nSPS) is 25.4. The van der Waals surface area contributed by atoms with Crippen LogP contribution in [0.25, 0.3) is 0 Å². The number of benzene rings is 1. The Balaban J connectivity index is 1.77. The van der Waals surface area contributed by atoms with Gasteiger partial charge in [-0.15, -0.1) is 0 Å². The van der Waals surface area contributed by atoms with E-state index in [4.69, 9.17) is 10.5 Å². The van der Waals surface area contributed by atoms with E-state index in [2.05, 4.69) is 30.7 Å². The second-order valence-electron chi connectivity index (χ2n) is 5.54. The number of piperazine rings is 1. The average Bonchev–Trinajstić information content (AvgIpc) is 2.36. The standard InChI is InChI=1S/C15H25N3O/c1-12-10-18(11-13(2)17(12)3)7-8-19-15-6-4-5-14(16)9-15/h4-6,9,12-13H,7-8,10-11,16H2,1-3H3. The van der Waals surface area contributed by atoms with Crippen LogP contribution in [0.3, 0.4) is 0 Å².